The predicted octanol–water partition coefficient (Wildman–Crippen LogP) is 17.4. The first-order valence-corrected chi connectivity index (χ1v) is 24.0. The molecular formula is C64H58N4. The highest BCUT2D eigenvalue weighted by atomic mass is 15.4. The summed E-state index contributed by atoms with van der Waals surface area (Å²) in [5.41, 5.74) is 21.7. The van der Waals surface area contributed by atoms with Gasteiger partial charge in [-0.15, -0.1) is 0 Å². The molecule has 68 heavy (non-hydrogen) atoms. The van der Waals surface area contributed by atoms with E-state index in [0.29, 0.717) is 13.3 Å². The number of anilines is 8. The second kappa shape index (κ2) is 17.1. The molecule has 2 heterocycles. The molecule has 2 aliphatic rings. The summed E-state index contributed by atoms with van der Waals surface area (Å²) in [5.74, 6) is 0. The van der Waals surface area contributed by atoms with Crippen LogP contribution in [0.2, 0.25) is 0 Å². The Bertz CT molecular complexity index is 2920. The lowest BCUT2D eigenvalue weighted by Gasteiger charge is -2.28. The van der Waals surface area contributed by atoms with Crippen LogP contribution in [0.1, 0.15) is 52.7 Å². The average molecular weight is 883 g/mol. The van der Waals surface area contributed by atoms with E-state index >= 15 is 0 Å². The molecular weight excluding hydrogens is 825 g/mol. The van der Waals surface area contributed by atoms with Crippen molar-refractivity contribution in [3.05, 3.63) is 230 Å². The van der Waals surface area contributed by atoms with Gasteiger partial charge in [0.2, 0.25) is 0 Å². The zero-order chi connectivity index (χ0) is 46.6. The second-order valence-electron chi connectivity index (χ2n) is 20.3. The Morgan fingerprint density at radius 3 is 0.897 bits per heavy atom. The number of benzene rings is 9. The Kier molecular flexibility index (Phi) is 10.8. The molecule has 0 atom stereocenters. The van der Waals surface area contributed by atoms with Crippen molar-refractivity contribution >= 4 is 45.5 Å². The molecule has 0 radical (unpaired) electrons. The van der Waals surface area contributed by atoms with E-state index in [1.807, 2.05) is 0 Å². The number of rotatable bonds is 8. The highest BCUT2D eigenvalue weighted by Gasteiger charge is 2.36. The maximum Gasteiger partial charge on any atom is 0.100 e. The molecule has 0 aliphatic carbocycles. The third kappa shape index (κ3) is 7.80. The number of para-hydroxylation sites is 2. The van der Waals surface area contributed by atoms with Crippen LogP contribution in [0.25, 0.3) is 44.5 Å². The summed E-state index contributed by atoms with van der Waals surface area (Å²) in [7, 11) is 0. The molecule has 0 fully saturated rings. The van der Waals surface area contributed by atoms with Crippen molar-refractivity contribution in [2.24, 2.45) is 0 Å². The van der Waals surface area contributed by atoms with Crippen LogP contribution >= 0.6 is 0 Å². The molecule has 11 rings (SSSR count). The SMILES string of the molecule is CC(C)(C)c1ccc2c(c1)N(c1cccc(N3CN(c4c(-c5ccccc5)cccc4-c4ccccc4)c4ccc(C(C)(C)C)cc43)c1)CN2c1c(-c2ccccc2)cccc1-c1ccccc1. The maximum atomic E-state index is 2.55. The number of hydrogen-bond acceptors (Lipinski definition) is 4. The zero-order valence-electron chi connectivity index (χ0n) is 40.0. The Hall–Kier alpha value is -7.82. The lowest BCUT2D eigenvalue weighted by atomic mass is 9.86. The molecule has 0 N–H and O–H groups in total. The molecule has 9 aromatic carbocycles. The van der Waals surface area contributed by atoms with Gasteiger partial charge in [-0.05, 0) is 86.7 Å². The monoisotopic (exact) mass is 882 g/mol. The first kappa shape index (κ1) is 42.8. The molecule has 334 valence electrons. The molecule has 9 aromatic rings. The minimum atomic E-state index is -0.0325. The zero-order valence-corrected chi connectivity index (χ0v) is 40.0. The largest absolute Gasteiger partial charge is 0.321 e. The third-order valence-corrected chi connectivity index (χ3v) is 13.8. The van der Waals surface area contributed by atoms with E-state index < -0.39 is 0 Å². The van der Waals surface area contributed by atoms with E-state index in [-0.39, 0.29) is 10.8 Å². The lowest BCUT2D eigenvalue weighted by molar-refractivity contribution is 0.590. The Morgan fingerprint density at radius 2 is 0.588 bits per heavy atom. The summed E-state index contributed by atoms with van der Waals surface area (Å²) in [5, 5.41) is 0. The van der Waals surface area contributed by atoms with Crippen molar-refractivity contribution in [1.82, 2.24) is 0 Å². The molecule has 0 saturated carbocycles. The predicted molar refractivity (Wildman–Crippen MR) is 290 cm³/mol. The van der Waals surface area contributed by atoms with Gasteiger partial charge in [0, 0.05) is 33.6 Å². The molecule has 0 amide bonds. The molecule has 0 spiro atoms. The molecule has 0 saturated heterocycles. The smallest absolute Gasteiger partial charge is 0.100 e. The maximum absolute atomic E-state index is 2.55. The third-order valence-electron chi connectivity index (χ3n) is 13.8. The first-order valence-electron chi connectivity index (χ1n) is 24.0. The fourth-order valence-corrected chi connectivity index (χ4v) is 10.2. The van der Waals surface area contributed by atoms with Crippen LogP contribution in [0, 0.1) is 0 Å². The van der Waals surface area contributed by atoms with Crippen molar-refractivity contribution in [2.45, 2.75) is 52.4 Å². The van der Waals surface area contributed by atoms with Gasteiger partial charge in [0.15, 0.2) is 0 Å². The summed E-state index contributed by atoms with van der Waals surface area (Å²) in [6.45, 7) is 15.2. The molecule has 4 heteroatoms. The van der Waals surface area contributed by atoms with E-state index in [1.54, 1.807) is 0 Å². The Morgan fingerprint density at radius 1 is 0.279 bits per heavy atom. The molecule has 0 bridgehead atoms. The van der Waals surface area contributed by atoms with Crippen LogP contribution in [0.15, 0.2) is 218 Å². The van der Waals surface area contributed by atoms with Gasteiger partial charge in [0.25, 0.3) is 0 Å². The summed E-state index contributed by atoms with van der Waals surface area (Å²) in [6, 6.07) is 80.5. The van der Waals surface area contributed by atoms with Crippen molar-refractivity contribution in [2.75, 3.05) is 32.9 Å². The number of hydrogen-bond donors (Lipinski definition) is 0. The van der Waals surface area contributed by atoms with Gasteiger partial charge in [-0.3, -0.25) is 0 Å². The highest BCUT2D eigenvalue weighted by Crippen LogP contribution is 2.54. The summed E-state index contributed by atoms with van der Waals surface area (Å²) in [6.07, 6.45) is 0. The van der Waals surface area contributed by atoms with E-state index in [2.05, 4.69) is 280 Å². The highest BCUT2D eigenvalue weighted by molar-refractivity contribution is 6.01. The standard InChI is InChI=1S/C64H58N4/c1-63(2,3)49-36-38-57-59(40-49)65(43-67(57)61-53(45-22-11-7-12-23-45)32-20-33-54(61)46-24-13-8-14-25-46)51-30-19-31-52(42-51)66-44-68(58-39-37-50(41-60(58)66)64(4,5)6)62-55(47-26-15-9-16-27-47)34-21-35-56(62)48-28-17-10-18-29-48/h7-42H,43-44H2,1-6H3. The molecule has 2 aliphatic heterocycles. The lowest BCUT2D eigenvalue weighted by Crippen LogP contribution is -2.26. The van der Waals surface area contributed by atoms with Gasteiger partial charge in [0.1, 0.15) is 13.3 Å². The summed E-state index contributed by atoms with van der Waals surface area (Å²) < 4.78 is 0. The minimum absolute atomic E-state index is 0.0325. The molecule has 4 nitrogen and oxygen atoms in total. The van der Waals surface area contributed by atoms with Gasteiger partial charge < -0.3 is 19.6 Å². The minimum Gasteiger partial charge on any atom is -0.321 e. The van der Waals surface area contributed by atoms with Crippen molar-refractivity contribution < 1.29 is 0 Å². The van der Waals surface area contributed by atoms with Gasteiger partial charge in [-0.2, -0.15) is 0 Å². The van der Waals surface area contributed by atoms with Crippen LogP contribution < -0.4 is 19.6 Å². The van der Waals surface area contributed by atoms with Crippen LogP contribution in [-0.2, 0) is 10.8 Å². The molecule has 0 aromatic heterocycles. The van der Waals surface area contributed by atoms with Crippen LogP contribution in [0.4, 0.5) is 45.5 Å². The van der Waals surface area contributed by atoms with Gasteiger partial charge in [0.05, 0.1) is 34.1 Å². The van der Waals surface area contributed by atoms with Crippen LogP contribution in [0.5, 0.6) is 0 Å². The fraction of sp³-hybridized carbons (Fsp3) is 0.156. The van der Waals surface area contributed by atoms with Crippen molar-refractivity contribution in [3.8, 4) is 44.5 Å². The van der Waals surface area contributed by atoms with E-state index in [9.17, 15) is 0 Å². The van der Waals surface area contributed by atoms with Crippen molar-refractivity contribution in [3.63, 3.8) is 0 Å². The Balaban J connectivity index is 1.07. The topological polar surface area (TPSA) is 13.0 Å². The normalized spacial score (nSPS) is 13.5. The van der Waals surface area contributed by atoms with E-state index in [4.69, 9.17) is 0 Å². The van der Waals surface area contributed by atoms with Crippen LogP contribution in [-0.4, -0.2) is 13.3 Å². The average Bonchev–Trinajstić information content (AvgIpc) is 3.95. The quantitative estimate of drug-likeness (QED) is 0.151. The van der Waals surface area contributed by atoms with E-state index in [0.717, 1.165) is 11.4 Å². The van der Waals surface area contributed by atoms with Crippen molar-refractivity contribution in [1.29, 1.82) is 0 Å². The van der Waals surface area contributed by atoms with Crippen LogP contribution in [0.3, 0.4) is 0 Å². The van der Waals surface area contributed by atoms with Gasteiger partial charge >= 0.3 is 0 Å². The number of nitrogens with zero attached hydrogens (tertiary/aromatic N) is 4. The number of fused-ring (bicyclic) bond motifs is 2. The second-order valence-corrected chi connectivity index (χ2v) is 20.3. The molecule has 0 unspecified atom stereocenters. The fourth-order valence-electron chi connectivity index (χ4n) is 10.2. The van der Waals surface area contributed by atoms with Gasteiger partial charge in [-0.1, -0.05) is 217 Å². The Labute approximate surface area is 403 Å². The summed E-state index contributed by atoms with van der Waals surface area (Å²) >= 11 is 0. The van der Waals surface area contributed by atoms with E-state index in [1.165, 1.54) is 89.8 Å². The first-order chi connectivity index (χ1) is 33.0. The van der Waals surface area contributed by atoms with Gasteiger partial charge in [-0.25, -0.2) is 0 Å². The summed E-state index contributed by atoms with van der Waals surface area (Å²) in [4.78, 5) is 10.2.